The number of aryl methyl sites for hydroxylation is 1. The van der Waals surface area contributed by atoms with Crippen molar-refractivity contribution in [2.45, 2.75) is 13.3 Å². The van der Waals surface area contributed by atoms with Gasteiger partial charge in [-0.25, -0.2) is 9.78 Å². The Kier molecular flexibility index (Phi) is 5.24. The van der Waals surface area contributed by atoms with Crippen LogP contribution in [0.1, 0.15) is 22.8 Å². The highest BCUT2D eigenvalue weighted by Crippen LogP contribution is 2.24. The SMILES string of the molecule is CCc1ccc(C(=O)Nc2ccc(N3CCN(c4ccccc4)C3=O)nc2)cc1. The quantitative estimate of drug-likeness (QED) is 0.709. The van der Waals surface area contributed by atoms with E-state index in [1.165, 1.54) is 5.56 Å². The highest BCUT2D eigenvalue weighted by molar-refractivity contribution is 6.06. The average Bonchev–Trinajstić information content (AvgIpc) is 3.16. The smallest absolute Gasteiger partial charge is 0.321 e. The van der Waals surface area contributed by atoms with Crippen molar-refractivity contribution in [2.75, 3.05) is 28.2 Å². The van der Waals surface area contributed by atoms with Crippen LogP contribution in [0.25, 0.3) is 0 Å². The van der Waals surface area contributed by atoms with Gasteiger partial charge in [-0.1, -0.05) is 37.3 Å². The van der Waals surface area contributed by atoms with Crippen molar-refractivity contribution >= 4 is 29.1 Å². The first-order valence-corrected chi connectivity index (χ1v) is 9.66. The lowest BCUT2D eigenvalue weighted by molar-refractivity contribution is 0.102. The van der Waals surface area contributed by atoms with E-state index in [1.54, 1.807) is 28.1 Å². The number of carbonyl (C=O) groups is 2. The van der Waals surface area contributed by atoms with Crippen LogP contribution in [0.4, 0.5) is 22.0 Å². The summed E-state index contributed by atoms with van der Waals surface area (Å²) in [5.41, 5.74) is 3.25. The molecule has 0 bridgehead atoms. The highest BCUT2D eigenvalue weighted by Gasteiger charge is 2.31. The van der Waals surface area contributed by atoms with Crippen LogP contribution in [-0.2, 0) is 6.42 Å². The summed E-state index contributed by atoms with van der Waals surface area (Å²) >= 11 is 0. The van der Waals surface area contributed by atoms with Gasteiger partial charge in [0, 0.05) is 24.3 Å². The molecular weight excluding hydrogens is 364 g/mol. The first kappa shape index (κ1) is 18.7. The molecule has 0 radical (unpaired) electrons. The summed E-state index contributed by atoms with van der Waals surface area (Å²) in [6.07, 6.45) is 2.51. The van der Waals surface area contributed by atoms with E-state index in [0.29, 0.717) is 30.2 Å². The van der Waals surface area contributed by atoms with E-state index < -0.39 is 0 Å². The third-order valence-electron chi connectivity index (χ3n) is 4.98. The monoisotopic (exact) mass is 386 g/mol. The van der Waals surface area contributed by atoms with Crippen molar-refractivity contribution in [1.29, 1.82) is 0 Å². The van der Waals surface area contributed by atoms with Gasteiger partial charge < -0.3 is 5.32 Å². The van der Waals surface area contributed by atoms with Gasteiger partial charge in [0.15, 0.2) is 0 Å². The van der Waals surface area contributed by atoms with Gasteiger partial charge in [-0.15, -0.1) is 0 Å². The Morgan fingerprint density at radius 3 is 2.34 bits per heavy atom. The standard InChI is InChI=1S/C23H22N4O2/c1-2-17-8-10-18(11-9-17)22(28)25-19-12-13-21(24-16-19)27-15-14-26(23(27)29)20-6-4-3-5-7-20/h3-13,16H,2,14-15H2,1H3,(H,25,28). The Morgan fingerprint density at radius 1 is 0.966 bits per heavy atom. The first-order valence-electron chi connectivity index (χ1n) is 9.66. The number of urea groups is 1. The molecular formula is C23H22N4O2. The van der Waals surface area contributed by atoms with Crippen LogP contribution < -0.4 is 15.1 Å². The lowest BCUT2D eigenvalue weighted by atomic mass is 10.1. The molecule has 3 amide bonds. The van der Waals surface area contributed by atoms with E-state index in [2.05, 4.69) is 17.2 Å². The molecule has 0 atom stereocenters. The molecule has 29 heavy (non-hydrogen) atoms. The van der Waals surface area contributed by atoms with Gasteiger partial charge in [0.25, 0.3) is 5.91 Å². The maximum atomic E-state index is 12.7. The summed E-state index contributed by atoms with van der Waals surface area (Å²) in [7, 11) is 0. The third kappa shape index (κ3) is 3.96. The Labute approximate surface area is 169 Å². The Morgan fingerprint density at radius 2 is 1.69 bits per heavy atom. The first-order chi connectivity index (χ1) is 14.2. The normalized spacial score (nSPS) is 13.6. The summed E-state index contributed by atoms with van der Waals surface area (Å²) in [5, 5.41) is 2.84. The summed E-state index contributed by atoms with van der Waals surface area (Å²) in [4.78, 5) is 32.9. The fraction of sp³-hybridized carbons (Fsp3) is 0.174. The number of nitrogens with zero attached hydrogens (tertiary/aromatic N) is 3. The number of hydrogen-bond donors (Lipinski definition) is 1. The number of pyridine rings is 1. The number of anilines is 3. The van der Waals surface area contributed by atoms with Crippen molar-refractivity contribution in [2.24, 2.45) is 0 Å². The molecule has 0 saturated carbocycles. The number of aromatic nitrogens is 1. The fourth-order valence-corrected chi connectivity index (χ4v) is 3.31. The second-order valence-corrected chi connectivity index (χ2v) is 6.83. The van der Waals surface area contributed by atoms with Crippen LogP contribution in [-0.4, -0.2) is 30.0 Å². The molecule has 1 saturated heterocycles. The van der Waals surface area contributed by atoms with Gasteiger partial charge in [0.2, 0.25) is 0 Å². The van der Waals surface area contributed by atoms with Crippen LogP contribution in [0.2, 0.25) is 0 Å². The minimum Gasteiger partial charge on any atom is -0.321 e. The lowest BCUT2D eigenvalue weighted by Gasteiger charge is -2.18. The van der Waals surface area contributed by atoms with E-state index in [9.17, 15) is 9.59 Å². The highest BCUT2D eigenvalue weighted by atomic mass is 16.2. The van der Waals surface area contributed by atoms with Crippen LogP contribution in [0.3, 0.4) is 0 Å². The zero-order valence-electron chi connectivity index (χ0n) is 16.2. The van der Waals surface area contributed by atoms with Gasteiger partial charge in [-0.05, 0) is 48.4 Å². The minimum absolute atomic E-state index is 0.100. The maximum absolute atomic E-state index is 12.7. The van der Waals surface area contributed by atoms with Crippen LogP contribution >= 0.6 is 0 Å². The molecule has 0 spiro atoms. The molecule has 0 unspecified atom stereocenters. The third-order valence-corrected chi connectivity index (χ3v) is 4.98. The topological polar surface area (TPSA) is 65.5 Å². The molecule has 6 nitrogen and oxygen atoms in total. The van der Waals surface area contributed by atoms with E-state index in [1.807, 2.05) is 54.6 Å². The summed E-state index contributed by atoms with van der Waals surface area (Å²) in [6.45, 7) is 3.25. The number of nitrogens with one attached hydrogen (secondary N) is 1. The molecule has 146 valence electrons. The van der Waals surface area contributed by atoms with Gasteiger partial charge >= 0.3 is 6.03 Å². The summed E-state index contributed by atoms with van der Waals surface area (Å²) in [5.74, 6) is 0.383. The largest absolute Gasteiger partial charge is 0.330 e. The van der Waals surface area contributed by atoms with Crippen molar-refractivity contribution < 1.29 is 9.59 Å². The van der Waals surface area contributed by atoms with E-state index >= 15 is 0 Å². The molecule has 0 aliphatic carbocycles. The predicted octanol–water partition coefficient (Wildman–Crippen LogP) is 4.34. The van der Waals surface area contributed by atoms with Crippen molar-refractivity contribution in [3.05, 3.63) is 84.1 Å². The van der Waals surface area contributed by atoms with Crippen molar-refractivity contribution in [3.8, 4) is 0 Å². The number of rotatable bonds is 5. The zero-order chi connectivity index (χ0) is 20.2. The lowest BCUT2D eigenvalue weighted by Crippen LogP contribution is -2.32. The second kappa shape index (κ2) is 8.14. The molecule has 1 N–H and O–H groups in total. The van der Waals surface area contributed by atoms with Gasteiger partial charge in [-0.2, -0.15) is 0 Å². The van der Waals surface area contributed by atoms with Gasteiger partial charge in [0.05, 0.1) is 11.9 Å². The predicted molar refractivity (Wildman–Crippen MR) is 115 cm³/mol. The molecule has 3 aromatic rings. The van der Waals surface area contributed by atoms with E-state index in [0.717, 1.165) is 12.1 Å². The van der Waals surface area contributed by atoms with Gasteiger partial charge in [0.1, 0.15) is 5.82 Å². The molecule has 2 heterocycles. The van der Waals surface area contributed by atoms with Gasteiger partial charge in [-0.3, -0.25) is 14.6 Å². The molecule has 4 rings (SSSR count). The Balaban J connectivity index is 1.42. The van der Waals surface area contributed by atoms with Crippen LogP contribution in [0, 0.1) is 0 Å². The van der Waals surface area contributed by atoms with Crippen molar-refractivity contribution in [3.63, 3.8) is 0 Å². The Bertz CT molecular complexity index is 1000. The summed E-state index contributed by atoms with van der Waals surface area (Å²) < 4.78 is 0. The number of carbonyl (C=O) groups excluding carboxylic acids is 2. The fourth-order valence-electron chi connectivity index (χ4n) is 3.31. The average molecular weight is 386 g/mol. The molecule has 6 heteroatoms. The number of hydrogen-bond acceptors (Lipinski definition) is 3. The number of amides is 3. The number of para-hydroxylation sites is 1. The maximum Gasteiger partial charge on any atom is 0.330 e. The molecule has 1 aromatic heterocycles. The molecule has 1 aliphatic heterocycles. The van der Waals surface area contributed by atoms with E-state index in [-0.39, 0.29) is 11.9 Å². The minimum atomic E-state index is -0.185. The van der Waals surface area contributed by atoms with Crippen LogP contribution in [0.15, 0.2) is 72.9 Å². The Hall–Kier alpha value is -3.67. The zero-order valence-corrected chi connectivity index (χ0v) is 16.2. The van der Waals surface area contributed by atoms with E-state index in [4.69, 9.17) is 0 Å². The summed E-state index contributed by atoms with van der Waals surface area (Å²) in [6, 6.07) is 20.5. The molecule has 2 aromatic carbocycles. The number of benzene rings is 2. The van der Waals surface area contributed by atoms with Crippen molar-refractivity contribution in [1.82, 2.24) is 4.98 Å². The molecule has 1 fully saturated rings. The van der Waals surface area contributed by atoms with Crippen LogP contribution in [0.5, 0.6) is 0 Å². The molecule has 1 aliphatic rings. The second-order valence-electron chi connectivity index (χ2n) is 6.83.